The van der Waals surface area contributed by atoms with Crippen molar-refractivity contribution in [2.45, 2.75) is 18.8 Å². The molecule has 0 radical (unpaired) electrons. The second-order valence-corrected chi connectivity index (χ2v) is 6.50. The van der Waals surface area contributed by atoms with Crippen LogP contribution in [-0.4, -0.2) is 31.9 Å². The van der Waals surface area contributed by atoms with Gasteiger partial charge in [-0.2, -0.15) is 13.2 Å². The predicted molar refractivity (Wildman–Crippen MR) is 101 cm³/mol. The highest BCUT2D eigenvalue weighted by Gasteiger charge is 2.39. The van der Waals surface area contributed by atoms with Crippen LogP contribution in [0.5, 0.6) is 5.75 Å². The number of nitrogens with one attached hydrogen (secondary N) is 3. The molecule has 0 saturated carbocycles. The van der Waals surface area contributed by atoms with Gasteiger partial charge in [-0.1, -0.05) is 30.3 Å². The van der Waals surface area contributed by atoms with Crippen molar-refractivity contribution in [3.63, 3.8) is 0 Å². The Bertz CT molecular complexity index is 757. The molecule has 0 heterocycles. The van der Waals surface area contributed by atoms with Gasteiger partial charge in [-0.15, -0.1) is 0 Å². The molecule has 9 heteroatoms. The number of ether oxygens (including phenoxy) is 1. The summed E-state index contributed by atoms with van der Waals surface area (Å²) in [7, 11) is 1.47. The zero-order valence-corrected chi connectivity index (χ0v) is 16.0. The van der Waals surface area contributed by atoms with Crippen LogP contribution in [0.2, 0.25) is 0 Å². The van der Waals surface area contributed by atoms with Crippen molar-refractivity contribution >= 4 is 27.6 Å². The van der Waals surface area contributed by atoms with Crippen LogP contribution in [-0.2, 0) is 6.54 Å². The fourth-order valence-electron chi connectivity index (χ4n) is 2.23. The number of methoxy groups -OCH3 is 1. The lowest BCUT2D eigenvalue weighted by Crippen LogP contribution is -2.50. The number of carbonyl (C=O) groups excluding carboxylic acids is 1. The van der Waals surface area contributed by atoms with Crippen LogP contribution in [0.1, 0.15) is 5.56 Å². The maximum Gasteiger partial charge on any atom is 0.405 e. The monoisotopic (exact) mass is 445 g/mol. The minimum Gasteiger partial charge on any atom is -0.497 e. The van der Waals surface area contributed by atoms with Crippen LogP contribution >= 0.6 is 15.9 Å². The molecule has 3 N–H and O–H groups in total. The Hall–Kier alpha value is -2.26. The second-order valence-electron chi connectivity index (χ2n) is 5.64. The van der Waals surface area contributed by atoms with Crippen molar-refractivity contribution in [2.75, 3.05) is 19.0 Å². The number of carbonyl (C=O) groups is 1. The summed E-state index contributed by atoms with van der Waals surface area (Å²) in [5.41, 5.74) is 1.10. The van der Waals surface area contributed by atoms with E-state index in [0.29, 0.717) is 15.9 Å². The number of benzene rings is 2. The first-order chi connectivity index (χ1) is 12.8. The highest BCUT2D eigenvalue weighted by atomic mass is 79.9. The van der Waals surface area contributed by atoms with Gasteiger partial charge in [0.1, 0.15) is 11.8 Å². The number of alkyl halides is 3. The van der Waals surface area contributed by atoms with Crippen LogP contribution in [0.3, 0.4) is 0 Å². The van der Waals surface area contributed by atoms with Crippen molar-refractivity contribution in [2.24, 2.45) is 0 Å². The summed E-state index contributed by atoms with van der Waals surface area (Å²) in [5, 5.41) is 7.17. The molecule has 0 aliphatic carbocycles. The molecule has 0 aliphatic rings. The Kier molecular flexibility index (Phi) is 7.49. The molecule has 1 atom stereocenters. The number of halogens is 4. The van der Waals surface area contributed by atoms with Crippen molar-refractivity contribution < 1.29 is 22.7 Å². The number of anilines is 1. The first-order valence-corrected chi connectivity index (χ1v) is 8.81. The summed E-state index contributed by atoms with van der Waals surface area (Å²) >= 11 is 3.26. The fourth-order valence-corrected chi connectivity index (χ4v) is 2.57. The van der Waals surface area contributed by atoms with Gasteiger partial charge in [-0.25, -0.2) is 4.79 Å². The highest BCUT2D eigenvalue weighted by molar-refractivity contribution is 9.10. The number of hydrogen-bond acceptors (Lipinski definition) is 3. The molecule has 0 unspecified atom stereocenters. The Morgan fingerprint density at radius 3 is 2.52 bits per heavy atom. The van der Waals surface area contributed by atoms with E-state index in [9.17, 15) is 18.0 Å². The van der Waals surface area contributed by atoms with Gasteiger partial charge in [0.2, 0.25) is 0 Å². The molecule has 0 aliphatic heterocycles. The third-order valence-corrected chi connectivity index (χ3v) is 4.37. The Morgan fingerprint density at radius 2 is 1.89 bits per heavy atom. The van der Waals surface area contributed by atoms with E-state index in [4.69, 9.17) is 4.74 Å². The molecule has 0 saturated heterocycles. The third kappa shape index (κ3) is 6.76. The standard InChI is InChI=1S/C18H19BrF3N3O2/c1-27-13-7-8-14(19)15(9-13)25-17(26)24-11-16(18(20,21)22)23-10-12-5-3-2-4-6-12/h2-9,16,23H,10-11H2,1H3,(H2,24,25,26)/t16-/m1/s1. The van der Waals surface area contributed by atoms with Crippen molar-refractivity contribution in [3.05, 3.63) is 58.6 Å². The summed E-state index contributed by atoms with van der Waals surface area (Å²) in [6, 6.07) is 11.0. The van der Waals surface area contributed by atoms with E-state index in [1.165, 1.54) is 7.11 Å². The molecular weight excluding hydrogens is 427 g/mol. The van der Waals surface area contributed by atoms with E-state index in [-0.39, 0.29) is 6.54 Å². The van der Waals surface area contributed by atoms with Crippen LogP contribution < -0.4 is 20.7 Å². The zero-order valence-electron chi connectivity index (χ0n) is 14.4. The van der Waals surface area contributed by atoms with Gasteiger partial charge in [-0.05, 0) is 33.6 Å². The third-order valence-electron chi connectivity index (χ3n) is 3.68. The normalized spacial score (nSPS) is 12.3. The molecule has 0 spiro atoms. The molecule has 146 valence electrons. The molecule has 2 aromatic carbocycles. The molecule has 2 rings (SSSR count). The van der Waals surface area contributed by atoms with Gasteiger partial charge in [-0.3, -0.25) is 0 Å². The van der Waals surface area contributed by atoms with Crippen molar-refractivity contribution in [1.82, 2.24) is 10.6 Å². The largest absolute Gasteiger partial charge is 0.497 e. The molecule has 0 bridgehead atoms. The van der Waals surface area contributed by atoms with Crippen molar-refractivity contribution in [1.29, 1.82) is 0 Å². The molecule has 0 aromatic heterocycles. The molecule has 2 aromatic rings. The smallest absolute Gasteiger partial charge is 0.405 e. The minimum atomic E-state index is -4.50. The molecule has 0 fully saturated rings. The van der Waals surface area contributed by atoms with E-state index in [0.717, 1.165) is 5.56 Å². The van der Waals surface area contributed by atoms with E-state index in [1.54, 1.807) is 48.5 Å². The van der Waals surface area contributed by atoms with Crippen molar-refractivity contribution in [3.8, 4) is 5.75 Å². The SMILES string of the molecule is COc1ccc(Br)c(NC(=O)NC[C@@H](NCc2ccccc2)C(F)(F)F)c1. The first-order valence-electron chi connectivity index (χ1n) is 8.02. The molecular formula is C18H19BrF3N3O2. The quantitative estimate of drug-likeness (QED) is 0.595. The van der Waals surface area contributed by atoms with E-state index in [2.05, 4.69) is 31.9 Å². The lowest BCUT2D eigenvalue weighted by Gasteiger charge is -2.22. The fraction of sp³-hybridized carbons (Fsp3) is 0.278. The maximum atomic E-state index is 13.2. The van der Waals surface area contributed by atoms with Crippen LogP contribution in [0.25, 0.3) is 0 Å². The average molecular weight is 446 g/mol. The molecule has 27 heavy (non-hydrogen) atoms. The van der Waals surface area contributed by atoms with E-state index < -0.39 is 24.8 Å². The predicted octanol–water partition coefficient (Wildman–Crippen LogP) is 4.30. The zero-order chi connectivity index (χ0) is 19.9. The van der Waals surface area contributed by atoms with Gasteiger partial charge in [0.25, 0.3) is 0 Å². The van der Waals surface area contributed by atoms with Gasteiger partial charge >= 0.3 is 12.2 Å². The summed E-state index contributed by atoms with van der Waals surface area (Å²) in [4.78, 5) is 12.0. The van der Waals surface area contributed by atoms with E-state index in [1.807, 2.05) is 0 Å². The second kappa shape index (κ2) is 9.61. The highest BCUT2D eigenvalue weighted by Crippen LogP contribution is 2.27. The Labute approximate surface area is 163 Å². The number of hydrogen-bond donors (Lipinski definition) is 3. The summed E-state index contributed by atoms with van der Waals surface area (Å²) in [6.07, 6.45) is -4.50. The number of amides is 2. The number of rotatable bonds is 7. The van der Waals surface area contributed by atoms with Crippen LogP contribution in [0, 0.1) is 0 Å². The van der Waals surface area contributed by atoms with Crippen LogP contribution in [0.15, 0.2) is 53.0 Å². The Balaban J connectivity index is 1.93. The first kappa shape index (κ1) is 21.0. The minimum absolute atomic E-state index is 0.0374. The number of urea groups is 1. The Morgan fingerprint density at radius 1 is 1.19 bits per heavy atom. The lowest BCUT2D eigenvalue weighted by atomic mass is 10.2. The molecule has 2 amide bonds. The average Bonchev–Trinajstić information content (AvgIpc) is 2.63. The summed E-state index contributed by atoms with van der Waals surface area (Å²) in [5.74, 6) is 0.506. The maximum absolute atomic E-state index is 13.2. The topological polar surface area (TPSA) is 62.4 Å². The van der Waals surface area contributed by atoms with Crippen LogP contribution in [0.4, 0.5) is 23.7 Å². The summed E-state index contributed by atoms with van der Waals surface area (Å²) < 4.78 is 45.2. The van der Waals surface area contributed by atoms with Gasteiger partial charge in [0.15, 0.2) is 0 Å². The van der Waals surface area contributed by atoms with Gasteiger partial charge in [0.05, 0.1) is 12.8 Å². The summed E-state index contributed by atoms with van der Waals surface area (Å²) in [6.45, 7) is -0.570. The molecule has 5 nitrogen and oxygen atoms in total. The lowest BCUT2D eigenvalue weighted by molar-refractivity contribution is -0.154. The van der Waals surface area contributed by atoms with E-state index >= 15 is 0 Å². The van der Waals surface area contributed by atoms with Gasteiger partial charge < -0.3 is 20.7 Å². The van der Waals surface area contributed by atoms with Gasteiger partial charge in [0, 0.05) is 23.6 Å².